The predicted octanol–water partition coefficient (Wildman–Crippen LogP) is 3.54. The third kappa shape index (κ3) is 14.9. The molecule has 0 fully saturated rings. The number of allylic oxidation sites excluding steroid dienone is 3. The lowest BCUT2D eigenvalue weighted by atomic mass is 10.1. The van der Waals surface area contributed by atoms with Crippen LogP contribution in [0.15, 0.2) is 24.3 Å². The number of Topliss-reactive ketones (excluding diaryl/α,β-unsaturated/α-hetero) is 1. The van der Waals surface area contributed by atoms with Crippen LogP contribution in [0.25, 0.3) is 0 Å². The summed E-state index contributed by atoms with van der Waals surface area (Å²) in [5.41, 5.74) is 0. The molecule has 0 spiro atoms. The van der Waals surface area contributed by atoms with E-state index >= 15 is 0 Å². The molecule has 0 aliphatic carbocycles. The van der Waals surface area contributed by atoms with Crippen LogP contribution in [0.2, 0.25) is 0 Å². The fraction of sp³-hybridized carbons (Fsp3) is 0.667. The number of aliphatic carboxylic acids is 1. The van der Waals surface area contributed by atoms with E-state index in [1.165, 1.54) is 6.92 Å². The molecule has 154 valence electrons. The van der Waals surface area contributed by atoms with Crippen LogP contribution in [0.3, 0.4) is 0 Å². The van der Waals surface area contributed by atoms with Crippen molar-refractivity contribution in [2.24, 2.45) is 0 Å². The van der Waals surface area contributed by atoms with E-state index in [4.69, 9.17) is 5.11 Å². The van der Waals surface area contributed by atoms with Crippen LogP contribution in [0, 0.1) is 0 Å². The molecule has 27 heavy (non-hydrogen) atoms. The van der Waals surface area contributed by atoms with Crippen molar-refractivity contribution in [1.29, 1.82) is 0 Å². The summed E-state index contributed by atoms with van der Waals surface area (Å²) >= 11 is 0. The van der Waals surface area contributed by atoms with Crippen LogP contribution in [-0.4, -0.2) is 40.0 Å². The minimum Gasteiger partial charge on any atom is -0.480 e. The zero-order valence-corrected chi connectivity index (χ0v) is 16.7. The van der Waals surface area contributed by atoms with Crippen LogP contribution in [0.1, 0.15) is 78.1 Å². The van der Waals surface area contributed by atoms with Gasteiger partial charge in [-0.15, -0.1) is 0 Å². The standard InChI is InChI=1S/C21H35NO5/c1-3-4-11-14-18(23)19(24)15-12-9-7-5-6-8-10-13-16-20(25)22-17(2)21(26)27/h4,9,11-12,17-18,23H,3,5-8,10,13-16H2,1-2H3,(H,22,25)(H,26,27)/b11-4-,12-9-/t17-,18?/m1/s1. The van der Waals surface area contributed by atoms with Crippen LogP contribution in [0.5, 0.6) is 0 Å². The van der Waals surface area contributed by atoms with Crippen LogP contribution in [0.4, 0.5) is 0 Å². The fourth-order valence-electron chi connectivity index (χ4n) is 2.43. The zero-order valence-electron chi connectivity index (χ0n) is 16.7. The van der Waals surface area contributed by atoms with Gasteiger partial charge in [-0.3, -0.25) is 14.4 Å². The molecule has 1 amide bonds. The topological polar surface area (TPSA) is 104 Å². The molecule has 0 aliphatic rings. The predicted molar refractivity (Wildman–Crippen MR) is 106 cm³/mol. The van der Waals surface area contributed by atoms with Gasteiger partial charge in [0.15, 0.2) is 5.78 Å². The van der Waals surface area contributed by atoms with E-state index in [-0.39, 0.29) is 18.1 Å². The molecular weight excluding hydrogens is 346 g/mol. The Bertz CT molecular complexity index is 499. The molecule has 6 heteroatoms. The molecule has 0 aliphatic heterocycles. The van der Waals surface area contributed by atoms with Gasteiger partial charge in [0, 0.05) is 12.8 Å². The van der Waals surface area contributed by atoms with Crippen molar-refractivity contribution in [3.05, 3.63) is 24.3 Å². The van der Waals surface area contributed by atoms with Crippen LogP contribution in [-0.2, 0) is 14.4 Å². The number of aliphatic hydroxyl groups is 1. The van der Waals surface area contributed by atoms with Crippen molar-refractivity contribution >= 4 is 17.7 Å². The van der Waals surface area contributed by atoms with Gasteiger partial charge in [0.25, 0.3) is 0 Å². The third-order valence-electron chi connectivity index (χ3n) is 4.14. The minimum absolute atomic E-state index is 0.150. The average molecular weight is 382 g/mol. The maximum absolute atomic E-state index is 11.7. The van der Waals surface area contributed by atoms with Gasteiger partial charge in [0.05, 0.1) is 0 Å². The van der Waals surface area contributed by atoms with Gasteiger partial charge in [-0.25, -0.2) is 0 Å². The highest BCUT2D eigenvalue weighted by Gasteiger charge is 2.13. The Balaban J connectivity index is 3.59. The summed E-state index contributed by atoms with van der Waals surface area (Å²) in [5, 5.41) is 20.8. The van der Waals surface area contributed by atoms with E-state index in [9.17, 15) is 19.5 Å². The van der Waals surface area contributed by atoms with Crippen molar-refractivity contribution in [2.45, 2.75) is 90.2 Å². The number of carbonyl (C=O) groups excluding carboxylic acids is 2. The smallest absolute Gasteiger partial charge is 0.325 e. The maximum atomic E-state index is 11.7. The number of carboxylic acids is 1. The molecule has 0 aromatic heterocycles. The first-order valence-electron chi connectivity index (χ1n) is 9.91. The number of ketones is 1. The van der Waals surface area contributed by atoms with E-state index in [0.29, 0.717) is 12.8 Å². The van der Waals surface area contributed by atoms with Gasteiger partial charge < -0.3 is 15.5 Å². The average Bonchev–Trinajstić information content (AvgIpc) is 2.62. The molecule has 0 aromatic rings. The Morgan fingerprint density at radius 1 is 0.963 bits per heavy atom. The summed E-state index contributed by atoms with van der Waals surface area (Å²) in [6.45, 7) is 3.46. The SMILES string of the molecule is CC/C=C\CC(O)C(=O)C/C=C\CCCCCCCC(=O)N[C@H](C)C(=O)O. The second kappa shape index (κ2) is 16.2. The highest BCUT2D eigenvalue weighted by Crippen LogP contribution is 2.08. The van der Waals surface area contributed by atoms with Gasteiger partial charge in [0.1, 0.15) is 12.1 Å². The number of nitrogens with one attached hydrogen (secondary N) is 1. The number of hydrogen-bond acceptors (Lipinski definition) is 4. The Morgan fingerprint density at radius 2 is 1.63 bits per heavy atom. The first-order chi connectivity index (χ1) is 12.9. The molecule has 0 heterocycles. The molecule has 1 unspecified atom stereocenters. The lowest BCUT2D eigenvalue weighted by Crippen LogP contribution is -2.38. The van der Waals surface area contributed by atoms with E-state index in [1.807, 2.05) is 31.2 Å². The number of unbranched alkanes of at least 4 members (excludes halogenated alkanes) is 5. The molecule has 6 nitrogen and oxygen atoms in total. The zero-order chi connectivity index (χ0) is 20.5. The fourth-order valence-corrected chi connectivity index (χ4v) is 2.43. The molecular formula is C21H35NO5. The molecule has 0 bridgehead atoms. The second-order valence-electron chi connectivity index (χ2n) is 6.71. The van der Waals surface area contributed by atoms with Crippen molar-refractivity contribution in [3.8, 4) is 0 Å². The second-order valence-corrected chi connectivity index (χ2v) is 6.71. The molecule has 0 rings (SSSR count). The monoisotopic (exact) mass is 381 g/mol. The summed E-state index contributed by atoms with van der Waals surface area (Å²) in [5.74, 6) is -1.40. The first-order valence-corrected chi connectivity index (χ1v) is 9.91. The largest absolute Gasteiger partial charge is 0.480 e. The number of carboxylic acid groups (broad SMARTS) is 1. The van der Waals surface area contributed by atoms with Gasteiger partial charge in [-0.1, -0.05) is 50.5 Å². The van der Waals surface area contributed by atoms with Crippen molar-refractivity contribution in [2.75, 3.05) is 0 Å². The number of rotatable bonds is 16. The Labute approximate surface area is 162 Å². The summed E-state index contributed by atoms with van der Waals surface area (Å²) < 4.78 is 0. The van der Waals surface area contributed by atoms with E-state index in [0.717, 1.165) is 44.9 Å². The minimum atomic E-state index is -1.03. The highest BCUT2D eigenvalue weighted by molar-refractivity contribution is 5.84. The lowest BCUT2D eigenvalue weighted by Gasteiger charge is -2.08. The van der Waals surface area contributed by atoms with E-state index < -0.39 is 18.1 Å². The molecule has 0 saturated heterocycles. The highest BCUT2D eigenvalue weighted by atomic mass is 16.4. The Morgan fingerprint density at radius 3 is 2.30 bits per heavy atom. The third-order valence-corrected chi connectivity index (χ3v) is 4.14. The number of hydrogen-bond donors (Lipinski definition) is 3. The number of amides is 1. The molecule has 0 radical (unpaired) electrons. The van der Waals surface area contributed by atoms with Gasteiger partial charge in [-0.2, -0.15) is 0 Å². The first kappa shape index (κ1) is 25.1. The van der Waals surface area contributed by atoms with Gasteiger partial charge >= 0.3 is 5.97 Å². The summed E-state index contributed by atoms with van der Waals surface area (Å²) in [7, 11) is 0. The molecule has 0 saturated carbocycles. The number of aliphatic hydroxyl groups excluding tert-OH is 1. The lowest BCUT2D eigenvalue weighted by molar-refractivity contribution is -0.141. The Hall–Kier alpha value is -1.95. The van der Waals surface area contributed by atoms with E-state index in [1.54, 1.807) is 0 Å². The Kier molecular flexibility index (Phi) is 15.1. The van der Waals surface area contributed by atoms with Crippen LogP contribution < -0.4 is 5.32 Å². The van der Waals surface area contributed by atoms with Crippen molar-refractivity contribution < 1.29 is 24.6 Å². The molecule has 2 atom stereocenters. The normalized spacial score (nSPS) is 13.7. The summed E-state index contributed by atoms with van der Waals surface area (Å²) in [6.07, 6.45) is 14.3. The van der Waals surface area contributed by atoms with Crippen molar-refractivity contribution in [1.82, 2.24) is 5.32 Å². The van der Waals surface area contributed by atoms with Crippen molar-refractivity contribution in [3.63, 3.8) is 0 Å². The van der Waals surface area contributed by atoms with Crippen LogP contribution >= 0.6 is 0 Å². The van der Waals surface area contributed by atoms with Gasteiger partial charge in [-0.05, 0) is 39.0 Å². The maximum Gasteiger partial charge on any atom is 0.325 e. The summed E-state index contributed by atoms with van der Waals surface area (Å²) in [6, 6.07) is -0.843. The molecule has 3 N–H and O–H groups in total. The van der Waals surface area contributed by atoms with Gasteiger partial charge in [0.2, 0.25) is 5.91 Å². The quantitative estimate of drug-likeness (QED) is 0.280. The summed E-state index contributed by atoms with van der Waals surface area (Å²) in [4.78, 5) is 33.8. The van der Waals surface area contributed by atoms with E-state index in [2.05, 4.69) is 5.32 Å². The number of carbonyl (C=O) groups is 3. The molecule has 0 aromatic carbocycles.